The van der Waals surface area contributed by atoms with Crippen LogP contribution in [0.2, 0.25) is 0 Å². The van der Waals surface area contributed by atoms with Crippen LogP contribution in [-0.2, 0) is 86.4 Å². The van der Waals surface area contributed by atoms with Gasteiger partial charge in [0.15, 0.2) is 11.9 Å². The maximum absolute atomic E-state index is 14.6. The summed E-state index contributed by atoms with van der Waals surface area (Å²) in [5, 5.41) is 110. The number of nitrogens with two attached hydrogens (primary N) is 3. The van der Waals surface area contributed by atoms with Gasteiger partial charge in [-0.05, 0) is 111 Å². The van der Waals surface area contributed by atoms with Crippen LogP contribution in [0.15, 0.2) is 72.8 Å². The molecule has 3 rings (SSSR count). The van der Waals surface area contributed by atoms with Gasteiger partial charge in [-0.25, -0.2) is 4.79 Å². The third kappa shape index (κ3) is 33.7. The highest BCUT2D eigenvalue weighted by Crippen LogP contribution is 2.17. The lowest BCUT2D eigenvalue weighted by Gasteiger charge is -2.29. The van der Waals surface area contributed by atoms with E-state index in [1.165, 1.54) is 79.7 Å². The summed E-state index contributed by atoms with van der Waals surface area (Å²) in [6, 6.07) is -1.27. The number of amides is 12. The van der Waals surface area contributed by atoms with Gasteiger partial charge in [-0.1, -0.05) is 64.1 Å². The van der Waals surface area contributed by atoms with Crippen LogP contribution >= 0.6 is 12.6 Å². The number of hydrogen-bond donors (Lipinski definition) is 26. The van der Waals surface area contributed by atoms with Crippen LogP contribution in [-0.4, -0.2) is 230 Å². The van der Waals surface area contributed by atoms with E-state index in [1.807, 2.05) is 0 Å². The number of nitrogens with one attached hydrogen (secondary N) is 16. The highest BCUT2D eigenvalue weighted by molar-refractivity contribution is 7.80. The molecule has 108 heavy (non-hydrogen) atoms. The molecule has 0 radical (unpaired) electrons. The van der Waals surface area contributed by atoms with Crippen molar-refractivity contribution in [1.29, 1.82) is 10.8 Å². The molecule has 594 valence electrons. The monoisotopic (exact) mass is 1540 g/mol. The van der Waals surface area contributed by atoms with Gasteiger partial charge >= 0.3 is 11.9 Å². The number of aliphatic carboxylic acids is 2. The van der Waals surface area contributed by atoms with Crippen molar-refractivity contribution in [3.05, 3.63) is 89.5 Å². The molecule has 0 fully saturated rings. The molecule has 0 heterocycles. The third-order valence-corrected chi connectivity index (χ3v) is 16.4. The summed E-state index contributed by atoms with van der Waals surface area (Å²) < 4.78 is 0. The number of guanidine groups is 2. The lowest BCUT2D eigenvalue weighted by Crippen LogP contribution is -2.62. The number of rotatable bonds is 46. The van der Waals surface area contributed by atoms with E-state index >= 15 is 0 Å². The highest BCUT2D eigenvalue weighted by Gasteiger charge is 2.38. The normalized spacial score (nSPS) is 14.3. The Balaban J connectivity index is 1.97. The molecule has 39 nitrogen and oxygen atoms in total. The smallest absolute Gasteiger partial charge is 0.326 e. The van der Waals surface area contributed by atoms with Crippen LogP contribution in [0.5, 0.6) is 17.2 Å². The van der Waals surface area contributed by atoms with Crippen molar-refractivity contribution >= 4 is 107 Å². The molecule has 40 heteroatoms. The second kappa shape index (κ2) is 45.7. The fourth-order valence-corrected chi connectivity index (χ4v) is 10.5. The molecule has 3 aromatic rings. The summed E-state index contributed by atoms with van der Waals surface area (Å²) in [5.41, 5.74) is 17.6. The lowest BCUT2D eigenvalue weighted by molar-refractivity contribution is -0.143. The predicted octanol–water partition coefficient (Wildman–Crippen LogP) is -5.64. The average Bonchev–Trinajstić information content (AvgIpc) is 0.850. The van der Waals surface area contributed by atoms with Crippen LogP contribution in [0.25, 0.3) is 0 Å². The molecule has 0 aliphatic carbocycles. The van der Waals surface area contributed by atoms with Gasteiger partial charge in [0.2, 0.25) is 70.9 Å². The van der Waals surface area contributed by atoms with Gasteiger partial charge in [0.05, 0.1) is 31.7 Å². The Morgan fingerprint density at radius 2 is 0.769 bits per heavy atom. The number of phenols is 3. The zero-order valence-corrected chi connectivity index (χ0v) is 61.4. The molecule has 28 N–H and O–H groups in total. The van der Waals surface area contributed by atoms with E-state index in [-0.39, 0.29) is 75.3 Å². The van der Waals surface area contributed by atoms with E-state index in [2.05, 4.69) is 87.1 Å². The third-order valence-electron chi connectivity index (χ3n) is 16.0. The molecule has 0 spiro atoms. The first-order valence-corrected chi connectivity index (χ1v) is 35.0. The SMILES string of the molecule is CC(C)C[C@H](NC(=O)[C@H](CCCNC(=N)N)NC(=O)[C@H](CCCNC(=N)N)NC(=O)[C@@H](NC(=O)[C@H](Cc1ccc(O)cc1)NC(=O)[C@H](CS)NC(=O)[C@H](Cc1ccc(O)cc1)NC(=O)CNC(=O)[C@@H](NC(=O)CNC(=O)[C@H](C)N)C(C)C)[C@@H](C)O)C(=O)N[C@@H](CC(=O)O)C(=O)N[C@@H](Cc1ccc(O)cc1)C(=O)O. The molecular weight excluding hydrogens is 1430 g/mol. The zero-order valence-electron chi connectivity index (χ0n) is 60.5. The minimum atomic E-state index is -1.97. The van der Waals surface area contributed by atoms with Crippen LogP contribution < -0.4 is 91.6 Å². The first-order chi connectivity index (χ1) is 50.8. The summed E-state index contributed by atoms with van der Waals surface area (Å²) in [6.45, 7) is 7.63. The van der Waals surface area contributed by atoms with E-state index in [1.54, 1.807) is 27.7 Å². The average molecular weight is 1540 g/mol. The van der Waals surface area contributed by atoms with Crippen molar-refractivity contribution in [3.63, 3.8) is 0 Å². The van der Waals surface area contributed by atoms with E-state index in [9.17, 15) is 97.8 Å². The first kappa shape index (κ1) is 90.7. The van der Waals surface area contributed by atoms with E-state index in [0.29, 0.717) is 16.7 Å². The minimum Gasteiger partial charge on any atom is -0.508 e. The Labute approximate surface area is 627 Å². The molecule has 0 saturated heterocycles. The standard InChI is InChI=1S/C68H101N19O20S/c1-33(2)25-45(59(99)83-48(29-53(94)95)61(101)84-49(66(106)107)28-39-15-21-42(91)22-16-39)81-58(98)43(9-7-23-74-67(70)71)79-57(97)44(10-8-24-75-68(72)73)80-65(105)55(36(6)88)87-62(102)47(27-38-13-19-41(90)20-14-38)82-63(103)50(32-108)85-60(100)46(26-37-11-17-40(89)18-12-37)78-51(92)30-77-64(104)54(34(3)4)86-52(93)31-76-56(96)35(5)69/h11-22,33-36,43-50,54-55,88-91,108H,7-10,23-32,69H2,1-6H3,(H,76,96)(H,77,104)(H,78,92)(H,79,97)(H,80,105)(H,81,98)(H,82,103)(H,83,99)(H,84,101)(H,85,100)(H,86,93)(H,87,102)(H,94,95)(H,106,107)(H4,70,71,74)(H4,72,73,75)/t35-,36+,43-,44-,45-,46-,47-,48-,49-,50-,54-,55-/m0/s1. The lowest BCUT2D eigenvalue weighted by atomic mass is 10.0. The quantitative estimate of drug-likeness (QED) is 0.0108. The highest BCUT2D eigenvalue weighted by atomic mass is 32.1. The van der Waals surface area contributed by atoms with Crippen molar-refractivity contribution in [2.75, 3.05) is 31.9 Å². The summed E-state index contributed by atoms with van der Waals surface area (Å²) in [4.78, 5) is 191. The second-order valence-corrected chi connectivity index (χ2v) is 26.5. The number of aliphatic hydroxyl groups excluding tert-OH is 1. The minimum absolute atomic E-state index is 0.0118. The van der Waals surface area contributed by atoms with Gasteiger partial charge in [-0.15, -0.1) is 0 Å². The summed E-state index contributed by atoms with van der Waals surface area (Å²) in [6.07, 6.45) is -4.67. The van der Waals surface area contributed by atoms with Gasteiger partial charge in [-0.2, -0.15) is 12.6 Å². The number of carbonyl (C=O) groups excluding carboxylic acids is 12. The zero-order chi connectivity index (χ0) is 81.1. The molecule has 0 aliphatic rings. The van der Waals surface area contributed by atoms with Crippen molar-refractivity contribution in [1.82, 2.24) is 74.4 Å². The number of thiol groups is 1. The fourth-order valence-electron chi connectivity index (χ4n) is 10.3. The Hall–Kier alpha value is -11.6. The van der Waals surface area contributed by atoms with Crippen LogP contribution in [0, 0.1) is 22.7 Å². The van der Waals surface area contributed by atoms with Gasteiger partial charge < -0.3 is 122 Å². The maximum Gasteiger partial charge on any atom is 0.326 e. The number of aliphatic hydroxyl groups is 1. The van der Waals surface area contributed by atoms with Crippen molar-refractivity contribution in [3.8, 4) is 17.2 Å². The van der Waals surface area contributed by atoms with Crippen molar-refractivity contribution < 1.29 is 97.8 Å². The number of benzene rings is 3. The molecule has 0 unspecified atom stereocenters. The van der Waals surface area contributed by atoms with Crippen LogP contribution in [0.3, 0.4) is 0 Å². The van der Waals surface area contributed by atoms with Gasteiger partial charge in [0, 0.05) is 38.1 Å². The Morgan fingerprint density at radius 1 is 0.417 bits per heavy atom. The van der Waals surface area contributed by atoms with Gasteiger partial charge in [-0.3, -0.25) is 73.1 Å². The van der Waals surface area contributed by atoms with Crippen molar-refractivity contribution in [2.45, 2.75) is 172 Å². The summed E-state index contributed by atoms with van der Waals surface area (Å²) in [7, 11) is 0. The largest absolute Gasteiger partial charge is 0.508 e. The number of carboxylic acids is 2. The Kier molecular flexibility index (Phi) is 38.4. The Morgan fingerprint density at radius 3 is 1.19 bits per heavy atom. The summed E-state index contributed by atoms with van der Waals surface area (Å²) in [5.74, 6) is -17.9. The summed E-state index contributed by atoms with van der Waals surface area (Å²) >= 11 is 4.29. The fraction of sp³-hybridized carbons (Fsp3) is 0.500. The number of aromatic hydroxyl groups is 3. The van der Waals surface area contributed by atoms with E-state index < -0.39 is 211 Å². The maximum atomic E-state index is 14.6. The first-order valence-electron chi connectivity index (χ1n) is 34.3. The van der Waals surface area contributed by atoms with Gasteiger partial charge in [0.25, 0.3) is 0 Å². The van der Waals surface area contributed by atoms with Crippen molar-refractivity contribution in [2.24, 2.45) is 29.0 Å². The molecule has 3 aromatic carbocycles. The van der Waals surface area contributed by atoms with E-state index in [4.69, 9.17) is 28.0 Å². The number of carboxylic acid groups (broad SMARTS) is 2. The topological polar surface area (TPSA) is 655 Å². The van der Waals surface area contributed by atoms with Crippen LogP contribution in [0.1, 0.15) is 96.8 Å². The number of carbonyl (C=O) groups is 14. The second-order valence-electron chi connectivity index (χ2n) is 26.1. The molecule has 12 atom stereocenters. The van der Waals surface area contributed by atoms with Crippen LogP contribution in [0.4, 0.5) is 0 Å². The predicted molar refractivity (Wildman–Crippen MR) is 392 cm³/mol. The molecule has 0 bridgehead atoms. The van der Waals surface area contributed by atoms with Gasteiger partial charge in [0.1, 0.15) is 77.7 Å². The Bertz CT molecular complexity index is 3610. The molecular formula is C68H101N19O20S. The number of hydrogen-bond acceptors (Lipinski definition) is 22. The molecule has 0 aromatic heterocycles. The number of phenolic OH excluding ortho intramolecular Hbond substituents is 3. The molecule has 0 saturated carbocycles. The molecule has 0 aliphatic heterocycles. The molecule has 12 amide bonds. The van der Waals surface area contributed by atoms with E-state index in [0.717, 1.165) is 6.92 Å².